The summed E-state index contributed by atoms with van der Waals surface area (Å²) in [7, 11) is 1.79. The number of carboxylic acid groups (broad SMARTS) is 1. The number of rotatable bonds is 3. The number of imidazole rings is 1. The van der Waals surface area contributed by atoms with Crippen molar-refractivity contribution in [2.75, 3.05) is 7.11 Å². The monoisotopic (exact) mass is 370 g/mol. The summed E-state index contributed by atoms with van der Waals surface area (Å²) in [6.07, 6.45) is 8.72. The summed E-state index contributed by atoms with van der Waals surface area (Å²) in [4.78, 5) is 12.9. The van der Waals surface area contributed by atoms with Gasteiger partial charge in [-0.1, -0.05) is 23.2 Å². The summed E-state index contributed by atoms with van der Waals surface area (Å²) < 4.78 is 7.70. The van der Waals surface area contributed by atoms with Crippen molar-refractivity contribution in [2.24, 2.45) is 0 Å². The minimum absolute atomic E-state index is 0.250. The van der Waals surface area contributed by atoms with Crippen LogP contribution in [0.15, 0.2) is 30.6 Å². The Morgan fingerprint density at radius 2 is 1.92 bits per heavy atom. The van der Waals surface area contributed by atoms with E-state index < -0.39 is 0 Å². The first-order chi connectivity index (χ1) is 11.6. The van der Waals surface area contributed by atoms with Gasteiger partial charge in [-0.05, 0) is 43.9 Å². The topological polar surface area (TPSA) is 64.4 Å². The molecule has 1 aliphatic carbocycles. The van der Waals surface area contributed by atoms with Crippen molar-refractivity contribution in [2.45, 2.75) is 37.8 Å². The van der Waals surface area contributed by atoms with Crippen LogP contribution in [0.2, 0.25) is 10.0 Å². The van der Waals surface area contributed by atoms with Crippen molar-refractivity contribution in [1.82, 2.24) is 9.55 Å². The number of carbonyl (C=O) groups is 1. The average molecular weight is 371 g/mol. The van der Waals surface area contributed by atoms with Gasteiger partial charge in [-0.2, -0.15) is 0 Å². The van der Waals surface area contributed by atoms with Gasteiger partial charge in [0.2, 0.25) is 0 Å². The van der Waals surface area contributed by atoms with E-state index in [0.29, 0.717) is 22.2 Å². The van der Waals surface area contributed by atoms with Crippen LogP contribution in [0.25, 0.3) is 11.4 Å². The maximum atomic E-state index is 8.36. The highest BCUT2D eigenvalue weighted by atomic mass is 35.5. The maximum absolute atomic E-state index is 8.36. The second kappa shape index (κ2) is 9.06. The molecular weight excluding hydrogens is 351 g/mol. The number of methoxy groups -OCH3 is 1. The van der Waals surface area contributed by atoms with Gasteiger partial charge in [0.15, 0.2) is 0 Å². The van der Waals surface area contributed by atoms with Gasteiger partial charge in [-0.3, -0.25) is 4.79 Å². The fraction of sp³-hybridized carbons (Fsp3) is 0.412. The number of benzene rings is 1. The fourth-order valence-electron chi connectivity index (χ4n) is 3.03. The largest absolute Gasteiger partial charge is 0.483 e. The summed E-state index contributed by atoms with van der Waals surface area (Å²) in [6.45, 7) is -0.250. The molecule has 1 aromatic heterocycles. The van der Waals surface area contributed by atoms with Gasteiger partial charge in [-0.15, -0.1) is 0 Å². The lowest BCUT2D eigenvalue weighted by atomic mass is 9.92. The van der Waals surface area contributed by atoms with Crippen LogP contribution in [0.5, 0.6) is 0 Å². The first-order valence-electron chi connectivity index (χ1n) is 7.69. The Labute approximate surface area is 151 Å². The van der Waals surface area contributed by atoms with Crippen LogP contribution >= 0.6 is 23.2 Å². The van der Waals surface area contributed by atoms with E-state index in [4.69, 9.17) is 37.8 Å². The fourth-order valence-corrected chi connectivity index (χ4v) is 3.32. The predicted octanol–water partition coefficient (Wildman–Crippen LogP) is 4.69. The van der Waals surface area contributed by atoms with Crippen LogP contribution in [0.3, 0.4) is 0 Å². The molecule has 1 N–H and O–H groups in total. The van der Waals surface area contributed by atoms with Crippen LogP contribution in [-0.4, -0.2) is 34.3 Å². The molecule has 3 rings (SSSR count). The molecule has 24 heavy (non-hydrogen) atoms. The Hall–Kier alpha value is -1.56. The molecule has 1 fully saturated rings. The molecule has 0 atom stereocenters. The van der Waals surface area contributed by atoms with Crippen molar-refractivity contribution in [3.8, 4) is 11.4 Å². The number of hydrogen-bond acceptors (Lipinski definition) is 3. The molecule has 7 heteroatoms. The van der Waals surface area contributed by atoms with Crippen molar-refractivity contribution >= 4 is 29.7 Å². The zero-order valence-electron chi connectivity index (χ0n) is 13.4. The Balaban J connectivity index is 0.000000647. The lowest BCUT2D eigenvalue weighted by Gasteiger charge is -2.29. The average Bonchev–Trinajstić information content (AvgIpc) is 3.08. The van der Waals surface area contributed by atoms with E-state index in [9.17, 15) is 0 Å². The van der Waals surface area contributed by atoms with E-state index in [-0.39, 0.29) is 6.47 Å². The van der Waals surface area contributed by atoms with Crippen molar-refractivity contribution in [3.05, 3.63) is 40.6 Å². The number of halogens is 2. The summed E-state index contributed by atoms with van der Waals surface area (Å²) >= 11 is 12.1. The molecule has 130 valence electrons. The molecule has 1 heterocycles. The van der Waals surface area contributed by atoms with Crippen LogP contribution in [0, 0.1) is 0 Å². The van der Waals surface area contributed by atoms with Crippen molar-refractivity contribution in [1.29, 1.82) is 0 Å². The molecule has 0 radical (unpaired) electrons. The number of ether oxygens (including phenoxy) is 1. The van der Waals surface area contributed by atoms with E-state index in [1.54, 1.807) is 7.11 Å². The Morgan fingerprint density at radius 3 is 2.50 bits per heavy atom. The lowest BCUT2D eigenvalue weighted by molar-refractivity contribution is -0.122. The molecule has 0 saturated heterocycles. The minimum Gasteiger partial charge on any atom is -0.483 e. The maximum Gasteiger partial charge on any atom is 0.290 e. The normalized spacial score (nSPS) is 20.1. The van der Waals surface area contributed by atoms with Gasteiger partial charge in [0.05, 0.1) is 16.1 Å². The zero-order chi connectivity index (χ0) is 17.5. The summed E-state index contributed by atoms with van der Waals surface area (Å²) in [6, 6.07) is 6.14. The van der Waals surface area contributed by atoms with Crippen LogP contribution in [-0.2, 0) is 9.53 Å². The van der Waals surface area contributed by atoms with Gasteiger partial charge in [-0.25, -0.2) is 4.98 Å². The van der Waals surface area contributed by atoms with Crippen molar-refractivity contribution in [3.63, 3.8) is 0 Å². The third kappa shape index (κ3) is 4.50. The molecule has 2 aromatic rings. The van der Waals surface area contributed by atoms with Gasteiger partial charge < -0.3 is 14.4 Å². The molecule has 1 aliphatic rings. The highest BCUT2D eigenvalue weighted by molar-refractivity contribution is 6.42. The Morgan fingerprint density at radius 1 is 1.25 bits per heavy atom. The first-order valence-corrected chi connectivity index (χ1v) is 8.45. The van der Waals surface area contributed by atoms with E-state index in [1.165, 1.54) is 0 Å². The summed E-state index contributed by atoms with van der Waals surface area (Å²) in [5.74, 6) is 0.953. The molecule has 1 aromatic carbocycles. The third-order valence-corrected chi connectivity index (χ3v) is 4.96. The molecule has 0 aliphatic heterocycles. The van der Waals surface area contributed by atoms with Crippen molar-refractivity contribution < 1.29 is 14.6 Å². The Bertz CT molecular complexity index is 668. The predicted molar refractivity (Wildman–Crippen MR) is 94.7 cm³/mol. The summed E-state index contributed by atoms with van der Waals surface area (Å²) in [5, 5.41) is 8.02. The van der Waals surface area contributed by atoms with Gasteiger partial charge in [0, 0.05) is 31.1 Å². The van der Waals surface area contributed by atoms with Crippen LogP contribution in [0.1, 0.15) is 31.7 Å². The van der Waals surface area contributed by atoms with Crippen LogP contribution in [0.4, 0.5) is 0 Å². The molecule has 0 amide bonds. The number of nitrogens with zero attached hydrogens (tertiary/aromatic N) is 2. The van der Waals surface area contributed by atoms with E-state index in [0.717, 1.165) is 37.1 Å². The van der Waals surface area contributed by atoms with Crippen LogP contribution < -0.4 is 0 Å². The molecule has 0 spiro atoms. The van der Waals surface area contributed by atoms with E-state index in [2.05, 4.69) is 15.7 Å². The molecule has 0 bridgehead atoms. The Kier molecular flexibility index (Phi) is 7.09. The number of hydrogen-bond donors (Lipinski definition) is 1. The highest BCUT2D eigenvalue weighted by Gasteiger charge is 2.23. The third-order valence-electron chi connectivity index (χ3n) is 4.22. The van der Waals surface area contributed by atoms with Gasteiger partial charge in [0.1, 0.15) is 5.82 Å². The zero-order valence-corrected chi connectivity index (χ0v) is 14.9. The molecule has 5 nitrogen and oxygen atoms in total. The second-order valence-corrected chi connectivity index (χ2v) is 6.37. The quantitative estimate of drug-likeness (QED) is 0.796. The standard InChI is InChI=1S/C16H18Cl2N2O.CH2O2/c1-21-13-5-3-12(4-6-13)20-9-8-19-16(20)11-2-7-14(17)15(18)10-11;2-1-3/h2,7-10,12-13H,3-6H2,1H3;1H,(H,2,3). The smallest absolute Gasteiger partial charge is 0.290 e. The van der Waals surface area contributed by atoms with Gasteiger partial charge >= 0.3 is 0 Å². The molecular formula is C17H20Cl2N2O3. The highest BCUT2D eigenvalue weighted by Crippen LogP contribution is 2.34. The van der Waals surface area contributed by atoms with E-state index in [1.807, 2.05) is 24.4 Å². The summed E-state index contributed by atoms with van der Waals surface area (Å²) in [5.41, 5.74) is 1.00. The second-order valence-electron chi connectivity index (χ2n) is 5.56. The SMILES string of the molecule is COC1CCC(n2ccnc2-c2ccc(Cl)c(Cl)c2)CC1.O=CO. The lowest BCUT2D eigenvalue weighted by Crippen LogP contribution is -2.22. The molecule has 0 unspecified atom stereocenters. The molecule has 1 saturated carbocycles. The number of aromatic nitrogens is 2. The van der Waals surface area contributed by atoms with E-state index >= 15 is 0 Å². The first kappa shape index (κ1) is 18.8. The minimum atomic E-state index is -0.250. The van der Waals surface area contributed by atoms with Gasteiger partial charge in [0.25, 0.3) is 6.47 Å².